The average Bonchev–Trinajstić information content (AvgIpc) is 3.30. The number of hydrogen-bond acceptors (Lipinski definition) is 8. The van der Waals surface area contributed by atoms with E-state index in [-0.39, 0.29) is 42.5 Å². The van der Waals surface area contributed by atoms with Crippen molar-refractivity contribution in [2.24, 2.45) is 0 Å². The van der Waals surface area contributed by atoms with E-state index in [0.717, 1.165) is 69.8 Å². The molecule has 51 heavy (non-hydrogen) atoms. The Morgan fingerprint density at radius 3 is 2.24 bits per heavy atom. The molecule has 0 saturated carbocycles. The van der Waals surface area contributed by atoms with Crippen molar-refractivity contribution in [2.45, 2.75) is 63.1 Å². The van der Waals surface area contributed by atoms with E-state index in [1.807, 2.05) is 29.2 Å². The minimum absolute atomic E-state index is 0.0112. The molecule has 0 unspecified atom stereocenters. The lowest BCUT2D eigenvalue weighted by Crippen LogP contribution is -2.55. The van der Waals surface area contributed by atoms with Gasteiger partial charge in [0.25, 0.3) is 0 Å². The van der Waals surface area contributed by atoms with Crippen LogP contribution in [0.2, 0.25) is 0 Å². The molecule has 2 aromatic carbocycles. The van der Waals surface area contributed by atoms with Gasteiger partial charge in [0.2, 0.25) is 11.8 Å². The van der Waals surface area contributed by atoms with E-state index < -0.39 is 6.04 Å². The monoisotopic (exact) mass is 828 g/mol. The summed E-state index contributed by atoms with van der Waals surface area (Å²) in [6.45, 7) is 8.42. The van der Waals surface area contributed by atoms with Gasteiger partial charge in [-0.1, -0.05) is 18.2 Å². The Hall–Kier alpha value is -3.04. The first kappa shape index (κ1) is 37.7. The van der Waals surface area contributed by atoms with Crippen molar-refractivity contribution in [2.75, 3.05) is 83.5 Å². The molecule has 0 aliphatic carbocycles. The van der Waals surface area contributed by atoms with Crippen molar-refractivity contribution < 1.29 is 19.2 Å². The molecule has 4 amide bonds. The number of piperazine rings is 1. The number of Topliss-reactive ketones (excluding diaryl/α,β-unsaturated/α-hetero) is 1. The smallest absolute Gasteiger partial charge is 0.322 e. The Balaban J connectivity index is 1.05. The number of likely N-dealkylation sites (tertiary alicyclic amines) is 2. The highest BCUT2D eigenvalue weighted by Crippen LogP contribution is 2.31. The lowest BCUT2D eigenvalue weighted by atomic mass is 9.99. The molecular weight excluding hydrogens is 780 g/mol. The molecule has 3 fully saturated rings. The zero-order chi connectivity index (χ0) is 36.1. The minimum Gasteiger partial charge on any atom is -0.397 e. The van der Waals surface area contributed by atoms with Gasteiger partial charge in [0.1, 0.15) is 6.04 Å². The highest BCUT2D eigenvalue weighted by molar-refractivity contribution is 9.11. The van der Waals surface area contributed by atoms with Crippen LogP contribution in [0.15, 0.2) is 45.3 Å². The molecule has 0 radical (unpaired) electrons. The summed E-state index contributed by atoms with van der Waals surface area (Å²) in [6.07, 6.45) is 4.26. The van der Waals surface area contributed by atoms with Crippen LogP contribution in [0, 0.1) is 0 Å². The summed E-state index contributed by atoms with van der Waals surface area (Å²) in [5.41, 5.74) is 8.88. The molecule has 4 aliphatic rings. The Morgan fingerprint density at radius 2 is 1.55 bits per heavy atom. The standard InChI is InChI=1S/C37H50Br2N8O4/c1-43-18-20-45(21-19-43)27-7-12-44(13-8-27)14-11-34(49)41-32(24-33(48)26-22-29(38)35(40)30(39)23-26)36(50)46-15-9-28(10-16-46)47-17-6-25-4-2-3-5-31(25)42-37(47)51/h2-5,22-23,27-28,32H,6-21,24,40H2,1H3,(H,41,49)(H,42,51)/t32-/m0/s1. The van der Waals surface area contributed by atoms with Crippen LogP contribution in [0.3, 0.4) is 0 Å². The first-order valence-corrected chi connectivity index (χ1v) is 19.8. The van der Waals surface area contributed by atoms with Crippen molar-refractivity contribution in [3.8, 4) is 0 Å². The number of amides is 4. The van der Waals surface area contributed by atoms with Gasteiger partial charge in [-0.2, -0.15) is 0 Å². The molecule has 4 heterocycles. The number of ketones is 1. The summed E-state index contributed by atoms with van der Waals surface area (Å²) >= 11 is 6.82. The number of nitrogens with two attached hydrogens (primary N) is 1. The van der Waals surface area contributed by atoms with Crippen LogP contribution >= 0.6 is 31.9 Å². The molecule has 4 aliphatic heterocycles. The predicted octanol–water partition coefficient (Wildman–Crippen LogP) is 4.03. The highest BCUT2D eigenvalue weighted by Gasteiger charge is 2.35. The molecule has 14 heteroatoms. The third-order valence-corrected chi connectivity index (χ3v) is 12.4. The van der Waals surface area contributed by atoms with Crippen LogP contribution in [-0.2, 0) is 16.0 Å². The summed E-state index contributed by atoms with van der Waals surface area (Å²) in [5, 5.41) is 5.99. The predicted molar refractivity (Wildman–Crippen MR) is 206 cm³/mol. The molecule has 3 saturated heterocycles. The molecule has 4 N–H and O–H groups in total. The molecule has 1 atom stereocenters. The second kappa shape index (κ2) is 17.2. The lowest BCUT2D eigenvalue weighted by molar-refractivity contribution is -0.137. The molecule has 0 aromatic heterocycles. The molecule has 0 spiro atoms. The summed E-state index contributed by atoms with van der Waals surface area (Å²) < 4.78 is 1.15. The third kappa shape index (κ3) is 9.50. The molecule has 2 aromatic rings. The van der Waals surface area contributed by atoms with Crippen LogP contribution in [-0.4, -0.2) is 139 Å². The second-order valence-electron chi connectivity index (χ2n) is 14.4. The number of rotatable bonds is 10. The van der Waals surface area contributed by atoms with Crippen molar-refractivity contribution >= 4 is 66.9 Å². The van der Waals surface area contributed by atoms with Crippen LogP contribution in [0.25, 0.3) is 0 Å². The largest absolute Gasteiger partial charge is 0.397 e. The van der Waals surface area contributed by atoms with Gasteiger partial charge >= 0.3 is 6.03 Å². The zero-order valence-corrected chi connectivity index (χ0v) is 32.6. The van der Waals surface area contributed by atoms with Gasteiger partial charge in [0, 0.05) is 97.5 Å². The van der Waals surface area contributed by atoms with Crippen LogP contribution in [0.1, 0.15) is 54.4 Å². The van der Waals surface area contributed by atoms with E-state index in [1.54, 1.807) is 17.0 Å². The molecule has 276 valence electrons. The summed E-state index contributed by atoms with van der Waals surface area (Å²) in [5.74, 6) is -0.779. The minimum atomic E-state index is -1.00. The number of carbonyl (C=O) groups is 4. The Labute approximate surface area is 317 Å². The number of para-hydroxylation sites is 1. The van der Waals surface area contributed by atoms with Gasteiger partial charge < -0.3 is 36.0 Å². The van der Waals surface area contributed by atoms with Gasteiger partial charge in [-0.05, 0) is 108 Å². The first-order chi connectivity index (χ1) is 24.5. The number of nitrogens with one attached hydrogen (secondary N) is 2. The summed E-state index contributed by atoms with van der Waals surface area (Å²) in [4.78, 5) is 65.1. The van der Waals surface area contributed by atoms with Crippen molar-refractivity contribution in [1.29, 1.82) is 0 Å². The van der Waals surface area contributed by atoms with E-state index in [1.165, 1.54) is 0 Å². The normalized spacial score (nSPS) is 20.7. The Kier molecular flexibility index (Phi) is 12.7. The molecule has 12 nitrogen and oxygen atoms in total. The second-order valence-corrected chi connectivity index (χ2v) is 16.1. The number of urea groups is 1. The average molecular weight is 831 g/mol. The number of likely N-dealkylation sites (N-methyl/N-ethyl adjacent to an activating group) is 1. The van der Waals surface area contributed by atoms with Crippen LogP contribution < -0.4 is 16.4 Å². The van der Waals surface area contributed by atoms with Gasteiger partial charge in [-0.25, -0.2) is 4.79 Å². The molecule has 0 bridgehead atoms. The number of benzene rings is 2. The zero-order valence-electron chi connectivity index (χ0n) is 29.4. The fourth-order valence-corrected chi connectivity index (χ4v) is 9.01. The topological polar surface area (TPSA) is 135 Å². The maximum atomic E-state index is 14.1. The van der Waals surface area contributed by atoms with E-state index in [0.29, 0.717) is 65.3 Å². The number of fused-ring (bicyclic) bond motifs is 1. The van der Waals surface area contributed by atoms with Gasteiger partial charge in [-0.3, -0.25) is 19.3 Å². The van der Waals surface area contributed by atoms with E-state index in [2.05, 4.69) is 64.2 Å². The van der Waals surface area contributed by atoms with Gasteiger partial charge in [0.15, 0.2) is 5.78 Å². The fraction of sp³-hybridized carbons (Fsp3) is 0.568. The van der Waals surface area contributed by atoms with Crippen LogP contribution in [0.4, 0.5) is 16.2 Å². The van der Waals surface area contributed by atoms with E-state index >= 15 is 0 Å². The van der Waals surface area contributed by atoms with Crippen LogP contribution in [0.5, 0.6) is 0 Å². The van der Waals surface area contributed by atoms with Gasteiger partial charge in [-0.15, -0.1) is 0 Å². The number of nitrogens with zero attached hydrogens (tertiary/aromatic N) is 5. The van der Waals surface area contributed by atoms with Crippen molar-refractivity contribution in [1.82, 2.24) is 29.8 Å². The maximum Gasteiger partial charge on any atom is 0.322 e. The van der Waals surface area contributed by atoms with E-state index in [4.69, 9.17) is 5.73 Å². The number of hydrogen-bond donors (Lipinski definition) is 3. The molecular formula is C37H50Br2N8O4. The van der Waals surface area contributed by atoms with Crippen molar-refractivity contribution in [3.63, 3.8) is 0 Å². The first-order valence-electron chi connectivity index (χ1n) is 18.2. The quantitative estimate of drug-likeness (QED) is 0.242. The molecule has 6 rings (SSSR count). The lowest BCUT2D eigenvalue weighted by Gasteiger charge is -2.42. The third-order valence-electron chi connectivity index (χ3n) is 11.0. The Bertz CT molecular complexity index is 1560. The van der Waals surface area contributed by atoms with Gasteiger partial charge in [0.05, 0.1) is 5.69 Å². The SMILES string of the molecule is CN1CCN(C2CCN(CCC(=O)N[C@@H](CC(=O)c3cc(Br)c(N)c(Br)c3)C(=O)N3CCC(N4CCc5ccccc5NC4=O)CC3)CC2)CC1. The number of anilines is 2. The van der Waals surface area contributed by atoms with Crippen molar-refractivity contribution in [3.05, 3.63) is 56.5 Å². The summed E-state index contributed by atoms with van der Waals surface area (Å²) in [7, 11) is 2.18. The summed E-state index contributed by atoms with van der Waals surface area (Å²) in [6, 6.07) is 10.6. The number of carbonyl (C=O) groups excluding carboxylic acids is 4. The fourth-order valence-electron chi connectivity index (χ4n) is 7.83. The highest BCUT2D eigenvalue weighted by atomic mass is 79.9. The number of piperidine rings is 2. The Morgan fingerprint density at radius 1 is 0.902 bits per heavy atom. The maximum absolute atomic E-state index is 14.1. The van der Waals surface area contributed by atoms with E-state index in [9.17, 15) is 19.2 Å². The number of halogens is 2. The number of nitrogen functional groups attached to an aromatic ring is 1.